The Morgan fingerprint density at radius 2 is 1.48 bits per heavy atom. The first-order valence-electron chi connectivity index (χ1n) is 8.78. The van der Waals surface area contributed by atoms with Crippen LogP contribution in [0.5, 0.6) is 0 Å². The maximum Gasteiger partial charge on any atom is 0.337 e. The molecule has 3 aromatic rings. The number of carboxylic acids is 1. The quantitative estimate of drug-likeness (QED) is 0.530. The lowest BCUT2D eigenvalue weighted by atomic mass is 10.1. The Hall–Kier alpha value is -3.07. The number of benzene rings is 3. The number of sulfonamides is 1. The van der Waals surface area contributed by atoms with Crippen LogP contribution >= 0.6 is 23.2 Å². The molecule has 0 saturated heterocycles. The highest BCUT2D eigenvalue weighted by molar-refractivity contribution is 7.92. The summed E-state index contributed by atoms with van der Waals surface area (Å²) in [6.45, 7) is 0. The molecule has 2 N–H and O–H groups in total. The van der Waals surface area contributed by atoms with Gasteiger partial charge in [-0.1, -0.05) is 23.2 Å². The number of nitrogens with zero attached hydrogens (tertiary/aromatic N) is 1. The Morgan fingerprint density at radius 1 is 0.903 bits per heavy atom. The summed E-state index contributed by atoms with van der Waals surface area (Å²) in [4.78, 5) is 23.8. The van der Waals surface area contributed by atoms with Crippen molar-refractivity contribution in [2.24, 2.45) is 0 Å². The first kappa shape index (κ1) is 22.6. The predicted molar refractivity (Wildman–Crippen MR) is 120 cm³/mol. The molecule has 10 heteroatoms. The minimum atomic E-state index is -3.87. The van der Waals surface area contributed by atoms with Crippen molar-refractivity contribution in [1.82, 2.24) is 0 Å². The molecule has 3 rings (SSSR count). The average Bonchev–Trinajstić information content (AvgIpc) is 2.73. The summed E-state index contributed by atoms with van der Waals surface area (Å²) >= 11 is 11.7. The SMILES string of the molecule is CN(c1ccc(Cl)cc1)S(=O)(=O)c1ccc(C(=O)Nc2cc(Cl)ccc2C(=O)O)cc1. The Labute approximate surface area is 188 Å². The van der Waals surface area contributed by atoms with E-state index in [1.165, 1.54) is 49.5 Å². The van der Waals surface area contributed by atoms with Gasteiger partial charge < -0.3 is 10.4 Å². The van der Waals surface area contributed by atoms with Crippen molar-refractivity contribution in [2.75, 3.05) is 16.7 Å². The lowest BCUT2D eigenvalue weighted by Crippen LogP contribution is -2.26. The van der Waals surface area contributed by atoms with Crippen molar-refractivity contribution in [3.05, 3.63) is 87.9 Å². The van der Waals surface area contributed by atoms with E-state index >= 15 is 0 Å². The fourth-order valence-electron chi connectivity index (χ4n) is 2.73. The average molecular weight is 479 g/mol. The second-order valence-corrected chi connectivity index (χ2v) is 9.26. The number of amides is 1. The highest BCUT2D eigenvalue weighted by atomic mass is 35.5. The molecular weight excluding hydrogens is 463 g/mol. The molecule has 0 aliphatic rings. The van der Waals surface area contributed by atoms with Gasteiger partial charge in [0.1, 0.15) is 0 Å². The zero-order chi connectivity index (χ0) is 22.8. The fraction of sp³-hybridized carbons (Fsp3) is 0.0476. The molecule has 0 spiro atoms. The molecule has 0 unspecified atom stereocenters. The normalized spacial score (nSPS) is 11.1. The van der Waals surface area contributed by atoms with E-state index in [-0.39, 0.29) is 26.7 Å². The Morgan fingerprint density at radius 3 is 2.06 bits per heavy atom. The maximum atomic E-state index is 12.9. The molecule has 31 heavy (non-hydrogen) atoms. The van der Waals surface area contributed by atoms with Crippen LogP contribution in [-0.2, 0) is 10.0 Å². The Kier molecular flexibility index (Phi) is 6.54. The van der Waals surface area contributed by atoms with Crippen LogP contribution in [0.2, 0.25) is 10.0 Å². The van der Waals surface area contributed by atoms with E-state index in [2.05, 4.69) is 5.32 Å². The molecule has 0 heterocycles. The van der Waals surface area contributed by atoms with E-state index in [9.17, 15) is 23.1 Å². The Bertz CT molecular complexity index is 1240. The van der Waals surface area contributed by atoms with E-state index in [1.807, 2.05) is 0 Å². The highest BCUT2D eigenvalue weighted by Crippen LogP contribution is 2.25. The molecule has 160 valence electrons. The molecule has 0 fully saturated rings. The number of hydrogen-bond donors (Lipinski definition) is 2. The summed E-state index contributed by atoms with van der Waals surface area (Å²) in [7, 11) is -2.46. The third kappa shape index (κ3) is 4.99. The van der Waals surface area contributed by atoms with E-state index in [4.69, 9.17) is 23.2 Å². The van der Waals surface area contributed by atoms with Crippen LogP contribution in [0.4, 0.5) is 11.4 Å². The number of rotatable bonds is 6. The van der Waals surface area contributed by atoms with Gasteiger partial charge in [0.25, 0.3) is 15.9 Å². The molecule has 0 atom stereocenters. The van der Waals surface area contributed by atoms with E-state index < -0.39 is 21.9 Å². The molecule has 1 amide bonds. The van der Waals surface area contributed by atoms with Crippen LogP contribution in [-0.4, -0.2) is 32.4 Å². The molecule has 0 aromatic heterocycles. The number of carbonyl (C=O) groups excluding carboxylic acids is 1. The van der Waals surface area contributed by atoms with Crippen molar-refractivity contribution in [2.45, 2.75) is 4.90 Å². The van der Waals surface area contributed by atoms with E-state index in [0.29, 0.717) is 10.7 Å². The summed E-state index contributed by atoms with van der Waals surface area (Å²) in [6.07, 6.45) is 0. The number of carbonyl (C=O) groups is 2. The second-order valence-electron chi connectivity index (χ2n) is 6.42. The largest absolute Gasteiger partial charge is 0.478 e. The third-order valence-electron chi connectivity index (χ3n) is 4.43. The number of carboxylic acid groups (broad SMARTS) is 1. The first-order valence-corrected chi connectivity index (χ1v) is 11.0. The van der Waals surface area contributed by atoms with Crippen LogP contribution in [0.3, 0.4) is 0 Å². The van der Waals surface area contributed by atoms with Crippen molar-refractivity contribution in [3.63, 3.8) is 0 Å². The van der Waals surface area contributed by atoms with Crippen molar-refractivity contribution in [1.29, 1.82) is 0 Å². The summed E-state index contributed by atoms with van der Waals surface area (Å²) in [6, 6.07) is 15.6. The monoisotopic (exact) mass is 478 g/mol. The standard InChI is InChI=1S/C21H16Cl2N2O5S/c1-25(16-7-4-14(22)5-8-16)31(29,30)17-9-2-13(3-10-17)20(26)24-19-12-15(23)6-11-18(19)21(27)28/h2-12H,1H3,(H,24,26)(H,27,28). The zero-order valence-electron chi connectivity index (χ0n) is 16.0. The summed E-state index contributed by atoms with van der Waals surface area (Å²) < 4.78 is 26.8. The van der Waals surface area contributed by atoms with Crippen LogP contribution in [0.15, 0.2) is 71.6 Å². The van der Waals surface area contributed by atoms with Gasteiger partial charge in [-0.25, -0.2) is 13.2 Å². The van der Waals surface area contributed by atoms with Gasteiger partial charge in [0.15, 0.2) is 0 Å². The van der Waals surface area contributed by atoms with Crippen molar-refractivity contribution < 1.29 is 23.1 Å². The van der Waals surface area contributed by atoms with Gasteiger partial charge in [-0.05, 0) is 66.7 Å². The van der Waals surface area contributed by atoms with Gasteiger partial charge in [0, 0.05) is 22.7 Å². The summed E-state index contributed by atoms with van der Waals surface area (Å²) in [5.74, 6) is -1.83. The van der Waals surface area contributed by atoms with Gasteiger partial charge in [-0.3, -0.25) is 9.10 Å². The van der Waals surface area contributed by atoms with Gasteiger partial charge >= 0.3 is 5.97 Å². The molecule has 0 radical (unpaired) electrons. The second kappa shape index (κ2) is 8.97. The number of hydrogen-bond acceptors (Lipinski definition) is 4. The molecule has 0 aliphatic carbocycles. The third-order valence-corrected chi connectivity index (χ3v) is 6.71. The van der Waals surface area contributed by atoms with Crippen LogP contribution in [0.25, 0.3) is 0 Å². The molecule has 0 aliphatic heterocycles. The lowest BCUT2D eigenvalue weighted by molar-refractivity contribution is 0.0698. The molecule has 0 bridgehead atoms. The number of anilines is 2. The van der Waals surface area contributed by atoms with E-state index in [0.717, 1.165) is 4.31 Å². The minimum Gasteiger partial charge on any atom is -0.478 e. The van der Waals surface area contributed by atoms with Crippen LogP contribution < -0.4 is 9.62 Å². The van der Waals surface area contributed by atoms with Crippen molar-refractivity contribution >= 4 is 56.5 Å². The zero-order valence-corrected chi connectivity index (χ0v) is 18.4. The lowest BCUT2D eigenvalue weighted by Gasteiger charge is -2.19. The van der Waals surface area contributed by atoms with Crippen molar-refractivity contribution in [3.8, 4) is 0 Å². The van der Waals surface area contributed by atoms with Gasteiger partial charge in [-0.2, -0.15) is 0 Å². The van der Waals surface area contributed by atoms with Gasteiger partial charge in [-0.15, -0.1) is 0 Å². The maximum absolute atomic E-state index is 12.9. The topological polar surface area (TPSA) is 104 Å². The molecular formula is C21H16Cl2N2O5S. The fourth-order valence-corrected chi connectivity index (χ4v) is 4.22. The minimum absolute atomic E-state index is 0.0181. The molecule has 7 nitrogen and oxygen atoms in total. The summed E-state index contributed by atoms with van der Waals surface area (Å²) in [5, 5.41) is 12.5. The van der Waals surface area contributed by atoms with Gasteiger partial charge in [0.2, 0.25) is 0 Å². The smallest absolute Gasteiger partial charge is 0.337 e. The van der Waals surface area contributed by atoms with Gasteiger partial charge in [0.05, 0.1) is 21.8 Å². The molecule has 3 aromatic carbocycles. The van der Waals surface area contributed by atoms with Crippen LogP contribution in [0.1, 0.15) is 20.7 Å². The number of halogens is 2. The predicted octanol–water partition coefficient (Wildman–Crippen LogP) is 4.77. The highest BCUT2D eigenvalue weighted by Gasteiger charge is 2.22. The number of nitrogens with one attached hydrogen (secondary N) is 1. The van der Waals surface area contributed by atoms with E-state index in [1.54, 1.807) is 24.3 Å². The van der Waals surface area contributed by atoms with Crippen LogP contribution in [0, 0.1) is 0 Å². The first-order chi connectivity index (χ1) is 14.6. The number of aromatic carboxylic acids is 1. The Balaban J connectivity index is 1.83. The summed E-state index contributed by atoms with van der Waals surface area (Å²) in [5.41, 5.74) is 0.475. The molecule has 0 saturated carbocycles.